The highest BCUT2D eigenvalue weighted by Crippen LogP contribution is 2.31. The van der Waals surface area contributed by atoms with Crippen molar-refractivity contribution in [3.05, 3.63) is 42.5 Å². The van der Waals surface area contributed by atoms with E-state index in [1.807, 2.05) is 0 Å². The molecule has 0 aliphatic heterocycles. The molecule has 2 aromatic carbocycles. The molecule has 0 aliphatic rings. The van der Waals surface area contributed by atoms with Crippen LogP contribution >= 0.6 is 0 Å². The number of methoxy groups -OCH3 is 1. The second-order valence-electron chi connectivity index (χ2n) is 5.81. The Morgan fingerprint density at radius 2 is 1.61 bits per heavy atom. The van der Waals surface area contributed by atoms with Crippen LogP contribution in [0, 0.1) is 0 Å². The van der Waals surface area contributed by atoms with E-state index in [2.05, 4.69) is 9.44 Å². The maximum atomic E-state index is 12.6. The lowest BCUT2D eigenvalue weighted by Gasteiger charge is -2.17. The first-order valence-electron chi connectivity index (χ1n) is 8.23. The number of benzene rings is 2. The van der Waals surface area contributed by atoms with Crippen molar-refractivity contribution in [1.29, 1.82) is 0 Å². The third-order valence-corrected chi connectivity index (χ3v) is 6.46. The second-order valence-corrected chi connectivity index (χ2v) is 9.38. The Hall–Kier alpha value is -2.50. The van der Waals surface area contributed by atoms with Gasteiger partial charge in [-0.25, -0.2) is 8.42 Å². The molecule has 0 heterocycles. The number of hydrogen-bond donors (Lipinski definition) is 2. The van der Waals surface area contributed by atoms with Crippen molar-refractivity contribution in [3.63, 3.8) is 0 Å². The average molecular weight is 430 g/mol. The third-order valence-electron chi connectivity index (χ3n) is 3.62. The number of nitrogens with one attached hydrogen (secondary N) is 2. The van der Waals surface area contributed by atoms with Gasteiger partial charge in [-0.3, -0.25) is 9.44 Å². The zero-order chi connectivity index (χ0) is 20.9. The van der Waals surface area contributed by atoms with Crippen molar-refractivity contribution in [2.24, 2.45) is 0 Å². The molecule has 11 heteroatoms. The molecule has 0 radical (unpaired) electrons. The van der Waals surface area contributed by atoms with Crippen molar-refractivity contribution in [1.82, 2.24) is 4.31 Å². The van der Waals surface area contributed by atoms with Gasteiger partial charge in [-0.05, 0) is 43.3 Å². The molecule has 0 saturated carbocycles. The van der Waals surface area contributed by atoms with Crippen LogP contribution in [0.3, 0.4) is 0 Å². The van der Waals surface area contributed by atoms with E-state index in [1.54, 1.807) is 6.92 Å². The number of ether oxygens (including phenoxy) is 2. The Morgan fingerprint density at radius 3 is 2.14 bits per heavy atom. The van der Waals surface area contributed by atoms with E-state index < -0.39 is 20.2 Å². The highest BCUT2D eigenvalue weighted by Gasteiger charge is 2.19. The Morgan fingerprint density at radius 1 is 0.964 bits per heavy atom. The largest absolute Gasteiger partial charge is 0.497 e. The number of rotatable bonds is 9. The van der Waals surface area contributed by atoms with Crippen molar-refractivity contribution in [3.8, 4) is 11.5 Å². The molecule has 0 unspecified atom stereocenters. The highest BCUT2D eigenvalue weighted by atomic mass is 32.2. The predicted octanol–water partition coefficient (Wildman–Crippen LogP) is 2.11. The minimum absolute atomic E-state index is 0.0492. The van der Waals surface area contributed by atoms with Crippen molar-refractivity contribution in [2.45, 2.75) is 11.8 Å². The van der Waals surface area contributed by atoms with Gasteiger partial charge in [0.2, 0.25) is 0 Å². The summed E-state index contributed by atoms with van der Waals surface area (Å²) < 4.78 is 65.6. The van der Waals surface area contributed by atoms with E-state index >= 15 is 0 Å². The second kappa shape index (κ2) is 8.67. The first-order valence-corrected chi connectivity index (χ1v) is 11.2. The molecule has 2 N–H and O–H groups in total. The lowest BCUT2D eigenvalue weighted by molar-refractivity contribution is 0.342. The van der Waals surface area contributed by atoms with Crippen LogP contribution in [-0.4, -0.2) is 49.0 Å². The van der Waals surface area contributed by atoms with Gasteiger partial charge in [-0.2, -0.15) is 12.7 Å². The summed E-state index contributed by atoms with van der Waals surface area (Å²) in [4.78, 5) is 0.0492. The van der Waals surface area contributed by atoms with Gasteiger partial charge in [0.15, 0.2) is 0 Å². The molecule has 154 valence electrons. The van der Waals surface area contributed by atoms with Crippen LogP contribution in [0.15, 0.2) is 47.4 Å². The van der Waals surface area contributed by atoms with E-state index in [0.717, 1.165) is 4.31 Å². The van der Waals surface area contributed by atoms with Crippen molar-refractivity contribution < 1.29 is 26.3 Å². The third kappa shape index (κ3) is 5.27. The van der Waals surface area contributed by atoms with Gasteiger partial charge < -0.3 is 9.47 Å². The summed E-state index contributed by atoms with van der Waals surface area (Å²) in [6.45, 7) is 2.00. The Balaban J connectivity index is 2.33. The molecule has 0 aromatic heterocycles. The number of anilines is 2. The maximum absolute atomic E-state index is 12.6. The molecule has 0 bridgehead atoms. The lowest BCUT2D eigenvalue weighted by atomic mass is 10.2. The zero-order valence-corrected chi connectivity index (χ0v) is 17.6. The predicted molar refractivity (Wildman–Crippen MR) is 108 cm³/mol. The first-order chi connectivity index (χ1) is 13.1. The standard InChI is InChI=1S/C17H23N3O6S2/c1-5-26-17-12-13(18-28(23,24)20(2)3)6-11-16(17)19-27(21,22)15-9-7-14(25-4)8-10-15/h6-12,18-19H,5H2,1-4H3. The van der Waals surface area contributed by atoms with Crippen molar-refractivity contribution in [2.75, 3.05) is 37.3 Å². The fraction of sp³-hybridized carbons (Fsp3) is 0.294. The fourth-order valence-corrected chi connectivity index (χ4v) is 3.82. The van der Waals surface area contributed by atoms with E-state index in [4.69, 9.17) is 9.47 Å². The summed E-state index contributed by atoms with van der Waals surface area (Å²) in [7, 11) is -3.30. The van der Waals surface area contributed by atoms with Crippen LogP contribution in [0.4, 0.5) is 11.4 Å². The molecule has 0 spiro atoms. The number of sulfonamides is 1. The molecular weight excluding hydrogens is 406 g/mol. The molecule has 0 aliphatic carbocycles. The van der Waals surface area contributed by atoms with Crippen LogP contribution in [-0.2, 0) is 20.2 Å². The van der Waals surface area contributed by atoms with Crippen molar-refractivity contribution >= 4 is 31.6 Å². The SMILES string of the molecule is CCOc1cc(NS(=O)(=O)N(C)C)ccc1NS(=O)(=O)c1ccc(OC)cc1. The molecule has 0 atom stereocenters. The quantitative estimate of drug-likeness (QED) is 0.631. The van der Waals surface area contributed by atoms with Gasteiger partial charge in [0.25, 0.3) is 10.0 Å². The molecule has 2 rings (SSSR count). The molecule has 0 fully saturated rings. The van der Waals surface area contributed by atoms with E-state index in [0.29, 0.717) is 5.75 Å². The summed E-state index contributed by atoms with van der Waals surface area (Å²) in [6, 6.07) is 10.2. The van der Waals surface area contributed by atoms with E-state index in [9.17, 15) is 16.8 Å². The van der Waals surface area contributed by atoms with Crippen LogP contribution in [0.1, 0.15) is 6.92 Å². The van der Waals surface area contributed by atoms with Crippen LogP contribution in [0.5, 0.6) is 11.5 Å². The summed E-state index contributed by atoms with van der Waals surface area (Å²) in [5.41, 5.74) is 0.426. The Kier molecular flexibility index (Phi) is 6.75. The smallest absolute Gasteiger partial charge is 0.301 e. The first kappa shape index (κ1) is 21.8. The molecule has 28 heavy (non-hydrogen) atoms. The van der Waals surface area contributed by atoms with Gasteiger partial charge in [-0.15, -0.1) is 0 Å². The van der Waals surface area contributed by atoms with Crippen LogP contribution in [0.25, 0.3) is 0 Å². The van der Waals surface area contributed by atoms with Crippen LogP contribution in [0.2, 0.25) is 0 Å². The summed E-state index contributed by atoms with van der Waals surface area (Å²) in [5.74, 6) is 0.727. The minimum atomic E-state index is -3.87. The van der Waals surface area contributed by atoms with Crippen LogP contribution < -0.4 is 18.9 Å². The van der Waals surface area contributed by atoms with E-state index in [1.165, 1.54) is 63.7 Å². The van der Waals surface area contributed by atoms with Gasteiger partial charge in [0.1, 0.15) is 11.5 Å². The number of nitrogens with zero attached hydrogens (tertiary/aromatic N) is 1. The molecule has 2 aromatic rings. The molecular formula is C17H23N3O6S2. The van der Waals surface area contributed by atoms with Gasteiger partial charge >= 0.3 is 10.2 Å². The topological polar surface area (TPSA) is 114 Å². The lowest BCUT2D eigenvalue weighted by Crippen LogP contribution is -2.28. The van der Waals surface area contributed by atoms with Gasteiger partial charge in [-0.1, -0.05) is 0 Å². The summed E-state index contributed by atoms with van der Waals surface area (Å²) in [6.07, 6.45) is 0. The monoisotopic (exact) mass is 429 g/mol. The van der Waals surface area contributed by atoms with Gasteiger partial charge in [0.05, 0.1) is 30.0 Å². The zero-order valence-electron chi connectivity index (χ0n) is 16.0. The highest BCUT2D eigenvalue weighted by molar-refractivity contribution is 7.92. The molecule has 0 saturated heterocycles. The number of hydrogen-bond acceptors (Lipinski definition) is 6. The normalized spacial score (nSPS) is 11.9. The Bertz CT molecular complexity index is 1020. The Labute approximate surface area is 165 Å². The molecule has 9 nitrogen and oxygen atoms in total. The fourth-order valence-electron chi connectivity index (χ4n) is 2.14. The summed E-state index contributed by atoms with van der Waals surface area (Å²) in [5, 5.41) is 0. The van der Waals surface area contributed by atoms with E-state index in [-0.39, 0.29) is 28.6 Å². The minimum Gasteiger partial charge on any atom is -0.497 e. The summed E-state index contributed by atoms with van der Waals surface area (Å²) >= 11 is 0. The van der Waals surface area contributed by atoms with Gasteiger partial charge in [0, 0.05) is 20.2 Å². The molecule has 0 amide bonds. The maximum Gasteiger partial charge on any atom is 0.301 e. The average Bonchev–Trinajstić information content (AvgIpc) is 2.63.